The normalized spacial score (nSPS) is 12.7. The molecule has 0 aliphatic carbocycles. The number of rotatable bonds is 5. The Morgan fingerprint density at radius 2 is 2.05 bits per heavy atom. The smallest absolute Gasteiger partial charge is 0.310 e. The van der Waals surface area contributed by atoms with Gasteiger partial charge in [0.05, 0.1) is 5.56 Å². The van der Waals surface area contributed by atoms with Gasteiger partial charge in [0.15, 0.2) is 0 Å². The zero-order chi connectivity index (χ0) is 15.2. The molecule has 0 heterocycles. The molecule has 0 saturated carbocycles. The summed E-state index contributed by atoms with van der Waals surface area (Å²) in [4.78, 5) is 0. The maximum atomic E-state index is 12.8. The molecule has 0 aliphatic rings. The Balaban J connectivity index is 3.06. The Morgan fingerprint density at radius 3 is 2.60 bits per heavy atom. The summed E-state index contributed by atoms with van der Waals surface area (Å²) in [6.45, 7) is 4.37. The number of hydrogen-bond acceptors (Lipinski definition) is 1. The molecule has 0 aliphatic heterocycles. The van der Waals surface area contributed by atoms with Crippen LogP contribution >= 0.6 is 15.9 Å². The third-order valence-corrected chi connectivity index (χ3v) is 3.61. The fourth-order valence-electron chi connectivity index (χ4n) is 1.94. The summed E-state index contributed by atoms with van der Waals surface area (Å²) in [6.07, 6.45) is -3.00. The molecular formula is C15H17BrF3N. The Hall–Kier alpha value is -0.990. The first-order valence-corrected chi connectivity index (χ1v) is 7.19. The average Bonchev–Trinajstić information content (AvgIpc) is 2.37. The van der Waals surface area contributed by atoms with Crippen molar-refractivity contribution in [2.24, 2.45) is 0 Å². The van der Waals surface area contributed by atoms with Crippen LogP contribution in [0.25, 0.3) is 0 Å². The molecule has 1 N–H and O–H groups in total. The van der Waals surface area contributed by atoms with Crippen molar-refractivity contribution in [1.29, 1.82) is 0 Å². The van der Waals surface area contributed by atoms with Gasteiger partial charge in [0.25, 0.3) is 0 Å². The van der Waals surface area contributed by atoms with E-state index in [2.05, 4.69) is 33.1 Å². The van der Waals surface area contributed by atoms with Crippen LogP contribution < -0.4 is 5.32 Å². The largest absolute Gasteiger partial charge is 0.416 e. The highest BCUT2D eigenvalue weighted by Crippen LogP contribution is 2.34. The maximum absolute atomic E-state index is 12.8. The maximum Gasteiger partial charge on any atom is 0.416 e. The number of alkyl halides is 3. The van der Waals surface area contributed by atoms with Crippen molar-refractivity contribution in [3.63, 3.8) is 0 Å². The minimum absolute atomic E-state index is 0.141. The molecule has 0 fully saturated rings. The van der Waals surface area contributed by atoms with Gasteiger partial charge >= 0.3 is 6.18 Å². The van der Waals surface area contributed by atoms with Gasteiger partial charge in [-0.15, -0.1) is 11.8 Å². The SMILES string of the molecule is CC#CCCC(NCC)c1cc(C(F)(F)F)ccc1Br. The highest BCUT2D eigenvalue weighted by Gasteiger charge is 2.31. The first kappa shape index (κ1) is 17.1. The molecule has 0 saturated heterocycles. The van der Waals surface area contributed by atoms with Gasteiger partial charge in [-0.1, -0.05) is 22.9 Å². The molecule has 1 atom stereocenters. The van der Waals surface area contributed by atoms with E-state index >= 15 is 0 Å². The van der Waals surface area contributed by atoms with Crippen molar-refractivity contribution in [1.82, 2.24) is 5.32 Å². The van der Waals surface area contributed by atoms with Crippen LogP contribution in [0.4, 0.5) is 13.2 Å². The molecule has 0 spiro atoms. The van der Waals surface area contributed by atoms with E-state index in [1.54, 1.807) is 6.92 Å². The first-order chi connectivity index (χ1) is 9.40. The lowest BCUT2D eigenvalue weighted by atomic mass is 9.99. The van der Waals surface area contributed by atoms with Crippen LogP contribution in [0.2, 0.25) is 0 Å². The number of nitrogens with one attached hydrogen (secondary N) is 1. The lowest BCUT2D eigenvalue weighted by Gasteiger charge is -2.20. The van der Waals surface area contributed by atoms with Crippen LogP contribution in [-0.2, 0) is 6.18 Å². The topological polar surface area (TPSA) is 12.0 Å². The van der Waals surface area contributed by atoms with E-state index in [4.69, 9.17) is 0 Å². The second kappa shape index (κ2) is 7.70. The summed E-state index contributed by atoms with van der Waals surface area (Å²) in [5, 5.41) is 3.21. The van der Waals surface area contributed by atoms with Gasteiger partial charge in [-0.25, -0.2) is 0 Å². The molecule has 110 valence electrons. The van der Waals surface area contributed by atoms with Crippen molar-refractivity contribution in [3.8, 4) is 11.8 Å². The standard InChI is InChI=1S/C15H17BrF3N/c1-3-5-6-7-14(20-4-2)12-10-11(15(17,18)19)8-9-13(12)16/h8-10,14,20H,4,6-7H2,1-2H3. The predicted molar refractivity (Wildman–Crippen MR) is 78.2 cm³/mol. The molecule has 1 rings (SSSR count). The average molecular weight is 348 g/mol. The van der Waals surface area contributed by atoms with Crippen LogP contribution in [0.1, 0.15) is 43.9 Å². The highest BCUT2D eigenvalue weighted by molar-refractivity contribution is 9.10. The Kier molecular flexibility index (Phi) is 6.57. The van der Waals surface area contributed by atoms with Crippen molar-refractivity contribution in [3.05, 3.63) is 33.8 Å². The minimum atomic E-state index is -4.32. The van der Waals surface area contributed by atoms with Crippen LogP contribution in [-0.4, -0.2) is 6.54 Å². The van der Waals surface area contributed by atoms with E-state index in [1.165, 1.54) is 12.1 Å². The summed E-state index contributed by atoms with van der Waals surface area (Å²) in [5.41, 5.74) is -0.000225. The fourth-order valence-corrected chi connectivity index (χ4v) is 2.47. The van der Waals surface area contributed by atoms with E-state index in [1.807, 2.05) is 6.92 Å². The third kappa shape index (κ3) is 4.84. The van der Waals surface area contributed by atoms with Crippen LogP contribution in [0.15, 0.2) is 22.7 Å². The molecule has 1 aromatic rings. The van der Waals surface area contributed by atoms with Gasteiger partial charge in [-0.2, -0.15) is 13.2 Å². The summed E-state index contributed by atoms with van der Waals surface area (Å²) in [5.74, 6) is 5.74. The zero-order valence-corrected chi connectivity index (χ0v) is 13.0. The zero-order valence-electron chi connectivity index (χ0n) is 11.4. The van der Waals surface area contributed by atoms with Crippen LogP contribution in [0.3, 0.4) is 0 Å². The lowest BCUT2D eigenvalue weighted by molar-refractivity contribution is -0.137. The van der Waals surface area contributed by atoms with Gasteiger partial charge in [-0.05, 0) is 43.7 Å². The quantitative estimate of drug-likeness (QED) is 0.745. The molecular weight excluding hydrogens is 331 g/mol. The first-order valence-electron chi connectivity index (χ1n) is 6.39. The highest BCUT2D eigenvalue weighted by atomic mass is 79.9. The Morgan fingerprint density at radius 1 is 1.35 bits per heavy atom. The second-order valence-electron chi connectivity index (χ2n) is 4.31. The van der Waals surface area contributed by atoms with Crippen molar-refractivity contribution >= 4 is 15.9 Å². The van der Waals surface area contributed by atoms with E-state index in [0.29, 0.717) is 29.4 Å². The van der Waals surface area contributed by atoms with Crippen LogP contribution in [0, 0.1) is 11.8 Å². The summed E-state index contributed by atoms with van der Waals surface area (Å²) in [7, 11) is 0. The lowest BCUT2D eigenvalue weighted by Crippen LogP contribution is -2.22. The van der Waals surface area contributed by atoms with Gasteiger partial charge in [0.2, 0.25) is 0 Å². The molecule has 1 nitrogen and oxygen atoms in total. The Labute approximate surface area is 126 Å². The van der Waals surface area contributed by atoms with Crippen molar-refractivity contribution in [2.75, 3.05) is 6.54 Å². The number of halogens is 4. The molecule has 0 bridgehead atoms. The van der Waals surface area contributed by atoms with Gasteiger partial charge in [-0.3, -0.25) is 0 Å². The van der Waals surface area contributed by atoms with Gasteiger partial charge < -0.3 is 5.32 Å². The molecule has 0 radical (unpaired) electrons. The van der Waals surface area contributed by atoms with E-state index in [9.17, 15) is 13.2 Å². The summed E-state index contributed by atoms with van der Waals surface area (Å²) in [6, 6.07) is 3.60. The van der Waals surface area contributed by atoms with Crippen LogP contribution in [0.5, 0.6) is 0 Å². The molecule has 1 unspecified atom stereocenters. The summed E-state index contributed by atoms with van der Waals surface area (Å²) >= 11 is 3.33. The predicted octanol–water partition coefficient (Wildman–Crippen LogP) is 4.92. The molecule has 1 aromatic carbocycles. The van der Waals surface area contributed by atoms with E-state index in [-0.39, 0.29) is 6.04 Å². The molecule has 0 aromatic heterocycles. The molecule has 5 heteroatoms. The van der Waals surface area contributed by atoms with Gasteiger partial charge in [0.1, 0.15) is 0 Å². The fraction of sp³-hybridized carbons (Fsp3) is 0.467. The van der Waals surface area contributed by atoms with E-state index < -0.39 is 11.7 Å². The minimum Gasteiger partial charge on any atom is -0.310 e. The molecule has 20 heavy (non-hydrogen) atoms. The van der Waals surface area contributed by atoms with Crippen molar-refractivity contribution in [2.45, 2.75) is 38.9 Å². The summed E-state index contributed by atoms with van der Waals surface area (Å²) < 4.78 is 39.1. The Bertz CT molecular complexity index is 500. The second-order valence-corrected chi connectivity index (χ2v) is 5.16. The third-order valence-electron chi connectivity index (χ3n) is 2.88. The monoisotopic (exact) mass is 347 g/mol. The van der Waals surface area contributed by atoms with Crippen molar-refractivity contribution < 1.29 is 13.2 Å². The molecule has 0 amide bonds. The number of benzene rings is 1. The number of hydrogen-bond donors (Lipinski definition) is 1. The van der Waals surface area contributed by atoms with Gasteiger partial charge in [0, 0.05) is 16.9 Å². The van der Waals surface area contributed by atoms with E-state index in [0.717, 1.165) is 6.07 Å².